The summed E-state index contributed by atoms with van der Waals surface area (Å²) in [6.07, 6.45) is 10.4. The molecule has 2 rings (SSSR count). The third kappa shape index (κ3) is 18.1. The van der Waals surface area contributed by atoms with Crippen LogP contribution in [0.2, 0.25) is 0 Å². The average Bonchev–Trinajstić information content (AvgIpc) is 2.64. The zero-order valence-corrected chi connectivity index (χ0v) is 17.8. The molecule has 2 heteroatoms. The van der Waals surface area contributed by atoms with Crippen LogP contribution in [-0.2, 0) is 4.74 Å². The first-order valence-corrected chi connectivity index (χ1v) is 10.3. The quantitative estimate of drug-likeness (QED) is 0.569. The molecule has 2 fully saturated rings. The summed E-state index contributed by atoms with van der Waals surface area (Å²) in [5.74, 6) is 1.80. The normalized spacial score (nSPS) is 29.0. The molecule has 0 bridgehead atoms. The molecule has 0 heterocycles. The number of rotatable bonds is 1. The van der Waals surface area contributed by atoms with Gasteiger partial charge in [0.25, 0.3) is 0 Å². The van der Waals surface area contributed by atoms with Gasteiger partial charge in [0.05, 0.1) is 12.2 Å². The van der Waals surface area contributed by atoms with Crippen LogP contribution >= 0.6 is 0 Å². The number of ether oxygens (including phenoxy) is 1. The molecule has 0 aromatic rings. The first-order valence-electron chi connectivity index (χ1n) is 10.3. The summed E-state index contributed by atoms with van der Waals surface area (Å²) in [4.78, 5) is 0. The van der Waals surface area contributed by atoms with Crippen LogP contribution in [0.3, 0.4) is 0 Å². The summed E-state index contributed by atoms with van der Waals surface area (Å²) in [5.41, 5.74) is 0. The number of aliphatic hydroxyl groups is 1. The van der Waals surface area contributed by atoms with E-state index in [1.165, 1.54) is 38.5 Å². The van der Waals surface area contributed by atoms with Gasteiger partial charge >= 0.3 is 0 Å². The van der Waals surface area contributed by atoms with Crippen molar-refractivity contribution in [3.8, 4) is 0 Å². The molecular formula is C21H48O2. The highest BCUT2D eigenvalue weighted by molar-refractivity contribution is 4.69. The van der Waals surface area contributed by atoms with Gasteiger partial charge in [0.1, 0.15) is 0 Å². The van der Waals surface area contributed by atoms with Crippen LogP contribution in [0.15, 0.2) is 0 Å². The largest absolute Gasteiger partial charge is 0.393 e. The molecule has 23 heavy (non-hydrogen) atoms. The van der Waals surface area contributed by atoms with E-state index in [0.717, 1.165) is 24.7 Å². The van der Waals surface area contributed by atoms with Crippen LogP contribution in [-0.4, -0.2) is 24.4 Å². The van der Waals surface area contributed by atoms with Gasteiger partial charge < -0.3 is 9.84 Å². The average molecular weight is 333 g/mol. The first kappa shape index (κ1) is 27.8. The van der Waals surface area contributed by atoms with Crippen LogP contribution in [0.25, 0.3) is 0 Å². The predicted octanol–water partition coefficient (Wildman–Crippen LogP) is 6.85. The van der Waals surface area contributed by atoms with Crippen LogP contribution in [0.5, 0.6) is 0 Å². The molecule has 0 spiro atoms. The summed E-state index contributed by atoms with van der Waals surface area (Å²) >= 11 is 0. The van der Waals surface area contributed by atoms with Crippen molar-refractivity contribution >= 4 is 0 Å². The van der Waals surface area contributed by atoms with Crippen molar-refractivity contribution in [2.75, 3.05) is 7.11 Å². The van der Waals surface area contributed by atoms with Gasteiger partial charge in [0.15, 0.2) is 0 Å². The molecule has 0 aliphatic heterocycles. The van der Waals surface area contributed by atoms with Gasteiger partial charge in [-0.1, -0.05) is 55.4 Å². The van der Waals surface area contributed by atoms with Crippen LogP contribution in [0, 0.1) is 11.8 Å². The van der Waals surface area contributed by atoms with E-state index in [1.807, 2.05) is 48.7 Å². The van der Waals surface area contributed by atoms with Gasteiger partial charge in [0, 0.05) is 7.11 Å². The lowest BCUT2D eigenvalue weighted by Gasteiger charge is -2.24. The topological polar surface area (TPSA) is 29.5 Å². The number of hydrogen-bond donors (Lipinski definition) is 1. The maximum Gasteiger partial charge on any atom is 0.0571 e. The van der Waals surface area contributed by atoms with Crippen LogP contribution < -0.4 is 0 Å². The van der Waals surface area contributed by atoms with Gasteiger partial charge in [-0.25, -0.2) is 0 Å². The molecular weight excluding hydrogens is 284 g/mol. The van der Waals surface area contributed by atoms with E-state index >= 15 is 0 Å². The van der Waals surface area contributed by atoms with E-state index in [-0.39, 0.29) is 6.10 Å². The lowest BCUT2D eigenvalue weighted by molar-refractivity contribution is 0.0593. The predicted molar refractivity (Wildman–Crippen MR) is 106 cm³/mol. The molecule has 0 radical (unpaired) electrons. The summed E-state index contributed by atoms with van der Waals surface area (Å²) in [5, 5.41) is 9.03. The first-order chi connectivity index (χ1) is 11.1. The Morgan fingerprint density at radius 2 is 0.913 bits per heavy atom. The maximum absolute atomic E-state index is 9.03. The third-order valence-electron chi connectivity index (χ3n) is 4.28. The van der Waals surface area contributed by atoms with Crippen LogP contribution in [0.1, 0.15) is 107 Å². The Kier molecular flexibility index (Phi) is 26.5. The van der Waals surface area contributed by atoms with E-state index in [2.05, 4.69) is 13.8 Å². The monoisotopic (exact) mass is 332 g/mol. The van der Waals surface area contributed by atoms with Crippen molar-refractivity contribution in [3.63, 3.8) is 0 Å². The van der Waals surface area contributed by atoms with Crippen molar-refractivity contribution in [1.82, 2.24) is 0 Å². The minimum atomic E-state index is 0.0196. The number of methoxy groups -OCH3 is 1. The molecule has 0 unspecified atom stereocenters. The standard InChI is InChI=1S/C8H16O.C7H14O.3C2H6/c1-7-3-5-8(9-2)6-4-7;1-6-2-4-7(8)5-3-6;3*1-2/h7-8H,3-6H2,1-2H3;6-8H,2-5H2,1H3;3*1-2H3. The van der Waals surface area contributed by atoms with Gasteiger partial charge in [-0.2, -0.15) is 0 Å². The van der Waals surface area contributed by atoms with Gasteiger partial charge in [-0.15, -0.1) is 0 Å². The molecule has 0 amide bonds. The van der Waals surface area contributed by atoms with Crippen molar-refractivity contribution in [3.05, 3.63) is 0 Å². The third-order valence-corrected chi connectivity index (χ3v) is 4.28. The summed E-state index contributed by atoms with van der Waals surface area (Å²) in [6, 6.07) is 0. The van der Waals surface area contributed by atoms with Crippen molar-refractivity contribution in [2.24, 2.45) is 11.8 Å². The second-order valence-electron chi connectivity index (χ2n) is 6.03. The van der Waals surface area contributed by atoms with E-state index < -0.39 is 0 Å². The molecule has 2 nitrogen and oxygen atoms in total. The highest BCUT2D eigenvalue weighted by Gasteiger charge is 2.16. The molecule has 0 saturated heterocycles. The van der Waals surface area contributed by atoms with Gasteiger partial charge in [-0.05, 0) is 63.2 Å². The van der Waals surface area contributed by atoms with E-state index in [9.17, 15) is 0 Å². The maximum atomic E-state index is 9.03. The fraction of sp³-hybridized carbons (Fsp3) is 1.00. The smallest absolute Gasteiger partial charge is 0.0571 e. The highest BCUT2D eigenvalue weighted by Crippen LogP contribution is 2.24. The second kappa shape index (κ2) is 21.9. The Bertz CT molecular complexity index is 168. The number of aliphatic hydroxyl groups excluding tert-OH is 1. The Morgan fingerprint density at radius 1 is 0.609 bits per heavy atom. The summed E-state index contributed by atoms with van der Waals surface area (Å²) in [7, 11) is 1.82. The SMILES string of the molecule is CC.CC.CC.CC1CCC(O)CC1.COC1CCC(C)CC1. The Balaban J connectivity index is -0.000000264. The summed E-state index contributed by atoms with van der Waals surface area (Å²) in [6.45, 7) is 16.6. The molecule has 2 aliphatic carbocycles. The fourth-order valence-electron chi connectivity index (χ4n) is 2.71. The molecule has 0 atom stereocenters. The zero-order valence-electron chi connectivity index (χ0n) is 17.8. The molecule has 1 N–H and O–H groups in total. The van der Waals surface area contributed by atoms with Crippen molar-refractivity contribution < 1.29 is 9.84 Å². The van der Waals surface area contributed by atoms with Gasteiger partial charge in [0.2, 0.25) is 0 Å². The van der Waals surface area contributed by atoms with Crippen molar-refractivity contribution in [2.45, 2.75) is 119 Å². The Hall–Kier alpha value is -0.0800. The molecule has 144 valence electrons. The minimum Gasteiger partial charge on any atom is -0.393 e. The lowest BCUT2D eigenvalue weighted by Crippen LogP contribution is -2.18. The van der Waals surface area contributed by atoms with Crippen LogP contribution in [0.4, 0.5) is 0 Å². The lowest BCUT2D eigenvalue weighted by atomic mass is 9.89. The minimum absolute atomic E-state index is 0.0196. The Morgan fingerprint density at radius 3 is 1.17 bits per heavy atom. The molecule has 0 aromatic heterocycles. The Labute approximate surface area is 148 Å². The number of hydrogen-bond acceptors (Lipinski definition) is 2. The highest BCUT2D eigenvalue weighted by atomic mass is 16.5. The van der Waals surface area contributed by atoms with E-state index in [1.54, 1.807) is 0 Å². The molecule has 2 saturated carbocycles. The van der Waals surface area contributed by atoms with E-state index in [4.69, 9.17) is 9.84 Å². The second-order valence-corrected chi connectivity index (χ2v) is 6.03. The molecule has 2 aliphatic rings. The fourth-order valence-corrected chi connectivity index (χ4v) is 2.71. The van der Waals surface area contributed by atoms with Crippen molar-refractivity contribution in [1.29, 1.82) is 0 Å². The summed E-state index contributed by atoms with van der Waals surface area (Å²) < 4.78 is 5.24. The zero-order chi connectivity index (χ0) is 18.7. The molecule has 0 aromatic carbocycles. The van der Waals surface area contributed by atoms with E-state index in [0.29, 0.717) is 6.10 Å². The van der Waals surface area contributed by atoms with Gasteiger partial charge in [-0.3, -0.25) is 0 Å².